The highest BCUT2D eigenvalue weighted by Gasteiger charge is 2.16. The molecule has 0 aromatic heterocycles. The van der Waals surface area contributed by atoms with Gasteiger partial charge in [0.15, 0.2) is 0 Å². The van der Waals surface area contributed by atoms with Gasteiger partial charge in [0.2, 0.25) is 5.91 Å². The number of thioether (sulfide) groups is 1. The number of unbranched alkanes of at least 4 members (excludes halogenated alkanes) is 1. The van der Waals surface area contributed by atoms with Crippen molar-refractivity contribution in [2.45, 2.75) is 31.6 Å². The van der Waals surface area contributed by atoms with Crippen LogP contribution < -0.4 is 25.4 Å². The molecule has 232 valence electrons. The first-order chi connectivity index (χ1) is 21.9. The first-order valence-corrected chi connectivity index (χ1v) is 15.8. The number of nitrogens with one attached hydrogen (secondary N) is 3. The van der Waals surface area contributed by atoms with Crippen LogP contribution in [-0.4, -0.2) is 36.7 Å². The molecular formula is C36H37N3O5S. The van der Waals surface area contributed by atoms with Crippen LogP contribution in [0.25, 0.3) is 6.08 Å². The Labute approximate surface area is 268 Å². The predicted octanol–water partition coefficient (Wildman–Crippen LogP) is 7.40. The summed E-state index contributed by atoms with van der Waals surface area (Å²) in [6.07, 6.45) is 3.67. The van der Waals surface area contributed by atoms with Gasteiger partial charge < -0.3 is 25.4 Å². The lowest BCUT2D eigenvalue weighted by Gasteiger charge is -2.12. The fourth-order valence-corrected chi connectivity index (χ4v) is 4.87. The quantitative estimate of drug-likeness (QED) is 0.0724. The molecule has 0 unspecified atom stereocenters. The van der Waals surface area contributed by atoms with Gasteiger partial charge in [0, 0.05) is 21.8 Å². The molecule has 0 saturated heterocycles. The van der Waals surface area contributed by atoms with Crippen molar-refractivity contribution in [1.29, 1.82) is 0 Å². The van der Waals surface area contributed by atoms with Crippen molar-refractivity contribution in [3.05, 3.63) is 120 Å². The number of carbonyl (C=O) groups is 3. The smallest absolute Gasteiger partial charge is 0.272 e. The Bertz CT molecular complexity index is 1590. The summed E-state index contributed by atoms with van der Waals surface area (Å²) in [6, 6.07) is 30.4. The van der Waals surface area contributed by atoms with Crippen LogP contribution in [0, 0.1) is 0 Å². The van der Waals surface area contributed by atoms with E-state index in [1.807, 2.05) is 55.5 Å². The lowest BCUT2D eigenvalue weighted by molar-refractivity contribution is -0.114. The first-order valence-electron chi connectivity index (χ1n) is 14.8. The van der Waals surface area contributed by atoms with Crippen molar-refractivity contribution in [1.82, 2.24) is 5.32 Å². The Hall–Kier alpha value is -5.02. The molecule has 4 aromatic rings. The maximum atomic E-state index is 13.4. The van der Waals surface area contributed by atoms with Gasteiger partial charge in [-0.1, -0.05) is 49.7 Å². The van der Waals surface area contributed by atoms with Crippen molar-refractivity contribution in [2.24, 2.45) is 0 Å². The molecule has 3 N–H and O–H groups in total. The van der Waals surface area contributed by atoms with E-state index in [9.17, 15) is 14.4 Å². The van der Waals surface area contributed by atoms with Crippen LogP contribution in [0.1, 0.15) is 42.6 Å². The number of anilines is 2. The van der Waals surface area contributed by atoms with Gasteiger partial charge >= 0.3 is 0 Å². The van der Waals surface area contributed by atoms with E-state index in [1.54, 1.807) is 60.7 Å². The van der Waals surface area contributed by atoms with Crippen LogP contribution in [-0.2, 0) is 9.59 Å². The standard InChI is InChI=1S/C36H37N3O5S/c1-3-5-22-44-31-20-16-28(17-21-31)37-34(40)25-45-32-13-9-12-29(24-32)38-36(42)33(39-35(41)27-10-7-6-8-11-27)23-26-14-18-30(19-15-26)43-4-2/h6-21,23-24H,3-5,22,25H2,1-2H3,(H,37,40)(H,38,42)(H,39,41)/b33-23+. The summed E-state index contributed by atoms with van der Waals surface area (Å²) in [5, 5.41) is 8.51. The zero-order valence-electron chi connectivity index (χ0n) is 25.4. The summed E-state index contributed by atoms with van der Waals surface area (Å²) < 4.78 is 11.2. The summed E-state index contributed by atoms with van der Waals surface area (Å²) in [7, 11) is 0. The first kappa shape index (κ1) is 32.9. The van der Waals surface area contributed by atoms with Crippen LogP contribution in [0.15, 0.2) is 114 Å². The number of benzene rings is 4. The number of ether oxygens (including phenoxy) is 2. The Balaban J connectivity index is 1.39. The fraction of sp³-hybridized carbons (Fsp3) is 0.194. The van der Waals surface area contributed by atoms with Crippen LogP contribution in [0.3, 0.4) is 0 Å². The van der Waals surface area contributed by atoms with Crippen LogP contribution in [0.2, 0.25) is 0 Å². The third-order valence-corrected chi connectivity index (χ3v) is 7.39. The maximum Gasteiger partial charge on any atom is 0.272 e. The van der Waals surface area contributed by atoms with E-state index in [1.165, 1.54) is 11.8 Å². The van der Waals surface area contributed by atoms with Gasteiger partial charge in [0.25, 0.3) is 11.8 Å². The highest BCUT2D eigenvalue weighted by molar-refractivity contribution is 8.00. The van der Waals surface area contributed by atoms with Gasteiger partial charge in [-0.25, -0.2) is 0 Å². The number of hydrogen-bond donors (Lipinski definition) is 3. The molecule has 4 aromatic carbocycles. The van der Waals surface area contributed by atoms with Crippen LogP contribution >= 0.6 is 11.8 Å². The Kier molecular flexibility index (Phi) is 12.7. The molecule has 0 spiro atoms. The topological polar surface area (TPSA) is 106 Å². The molecular weight excluding hydrogens is 586 g/mol. The summed E-state index contributed by atoms with van der Waals surface area (Å²) in [6.45, 7) is 5.23. The highest BCUT2D eigenvalue weighted by atomic mass is 32.2. The molecule has 0 saturated carbocycles. The maximum absolute atomic E-state index is 13.4. The summed E-state index contributed by atoms with van der Waals surface area (Å²) >= 11 is 1.35. The summed E-state index contributed by atoms with van der Waals surface area (Å²) in [5.74, 6) is 0.613. The molecule has 0 bridgehead atoms. The Morgan fingerprint density at radius 3 is 2.18 bits per heavy atom. The van der Waals surface area contributed by atoms with E-state index in [4.69, 9.17) is 9.47 Å². The molecule has 9 heteroatoms. The SMILES string of the molecule is CCCCOc1ccc(NC(=O)CSc2cccc(NC(=O)/C(=C\c3ccc(OCC)cc3)NC(=O)c3ccccc3)c2)cc1. The van der Waals surface area contributed by atoms with Gasteiger partial charge in [-0.15, -0.1) is 11.8 Å². The molecule has 45 heavy (non-hydrogen) atoms. The number of rotatable bonds is 15. The second-order valence-corrected chi connectivity index (χ2v) is 11.0. The lowest BCUT2D eigenvalue weighted by atomic mass is 10.1. The van der Waals surface area contributed by atoms with Gasteiger partial charge in [-0.3, -0.25) is 14.4 Å². The Morgan fingerprint density at radius 1 is 0.756 bits per heavy atom. The van der Waals surface area contributed by atoms with Crippen molar-refractivity contribution in [3.8, 4) is 11.5 Å². The van der Waals surface area contributed by atoms with E-state index < -0.39 is 11.8 Å². The minimum absolute atomic E-state index is 0.0761. The largest absolute Gasteiger partial charge is 0.494 e. The summed E-state index contributed by atoms with van der Waals surface area (Å²) in [4.78, 5) is 39.8. The minimum Gasteiger partial charge on any atom is -0.494 e. The summed E-state index contributed by atoms with van der Waals surface area (Å²) in [5.41, 5.74) is 2.43. The molecule has 3 amide bonds. The van der Waals surface area contributed by atoms with E-state index in [0.29, 0.717) is 41.5 Å². The predicted molar refractivity (Wildman–Crippen MR) is 181 cm³/mol. The Morgan fingerprint density at radius 2 is 1.47 bits per heavy atom. The second-order valence-electron chi connectivity index (χ2n) is 9.93. The molecule has 0 fully saturated rings. The highest BCUT2D eigenvalue weighted by Crippen LogP contribution is 2.23. The number of carbonyl (C=O) groups excluding carboxylic acids is 3. The molecule has 8 nitrogen and oxygen atoms in total. The second kappa shape index (κ2) is 17.3. The molecule has 0 aliphatic carbocycles. The number of amides is 3. The minimum atomic E-state index is -0.491. The lowest BCUT2D eigenvalue weighted by Crippen LogP contribution is -2.30. The van der Waals surface area contributed by atoms with E-state index in [-0.39, 0.29) is 17.4 Å². The zero-order chi connectivity index (χ0) is 31.9. The van der Waals surface area contributed by atoms with Crippen molar-refractivity contribution in [3.63, 3.8) is 0 Å². The number of hydrogen-bond acceptors (Lipinski definition) is 6. The van der Waals surface area contributed by atoms with Crippen molar-refractivity contribution in [2.75, 3.05) is 29.6 Å². The van der Waals surface area contributed by atoms with Gasteiger partial charge in [0.05, 0.1) is 19.0 Å². The van der Waals surface area contributed by atoms with E-state index >= 15 is 0 Å². The van der Waals surface area contributed by atoms with Crippen LogP contribution in [0.4, 0.5) is 11.4 Å². The van der Waals surface area contributed by atoms with Crippen molar-refractivity contribution >= 4 is 46.9 Å². The third-order valence-electron chi connectivity index (χ3n) is 6.40. The molecule has 0 heterocycles. The fourth-order valence-electron chi connectivity index (χ4n) is 4.11. The zero-order valence-corrected chi connectivity index (χ0v) is 26.2. The van der Waals surface area contributed by atoms with Crippen LogP contribution in [0.5, 0.6) is 11.5 Å². The molecule has 0 aliphatic rings. The van der Waals surface area contributed by atoms with Gasteiger partial charge in [-0.2, -0.15) is 0 Å². The van der Waals surface area contributed by atoms with Gasteiger partial charge in [-0.05, 0) is 91.7 Å². The molecule has 0 radical (unpaired) electrons. The molecule has 0 aliphatic heterocycles. The normalized spacial score (nSPS) is 10.9. The third kappa shape index (κ3) is 10.9. The van der Waals surface area contributed by atoms with E-state index in [2.05, 4.69) is 22.9 Å². The molecule has 0 atom stereocenters. The van der Waals surface area contributed by atoms with Gasteiger partial charge in [0.1, 0.15) is 17.2 Å². The average Bonchev–Trinajstić information content (AvgIpc) is 3.06. The molecule has 4 rings (SSSR count). The van der Waals surface area contributed by atoms with E-state index in [0.717, 1.165) is 23.5 Å². The average molecular weight is 624 g/mol. The van der Waals surface area contributed by atoms with Crippen molar-refractivity contribution < 1.29 is 23.9 Å². The monoisotopic (exact) mass is 623 g/mol.